The number of benzene rings is 1. The molecule has 7 heteroatoms. The molecule has 3 rings (SSSR count). The number of thioether (sulfide) groups is 1. The zero-order chi connectivity index (χ0) is 18.9. The molecule has 1 aromatic heterocycles. The molecule has 0 radical (unpaired) electrons. The quantitative estimate of drug-likeness (QED) is 0.658. The van der Waals surface area contributed by atoms with Crippen LogP contribution in [-0.2, 0) is 10.2 Å². The molecule has 2 aromatic rings. The zero-order valence-corrected chi connectivity index (χ0v) is 16.7. The summed E-state index contributed by atoms with van der Waals surface area (Å²) in [5, 5.41) is 8.75. The molecule has 0 bridgehead atoms. The van der Waals surface area contributed by atoms with Gasteiger partial charge >= 0.3 is 0 Å². The molecular formula is C19H27N5OS. The number of nitrogens with zero attached hydrogens (tertiary/aromatic N) is 4. The van der Waals surface area contributed by atoms with Gasteiger partial charge in [0.05, 0.1) is 5.25 Å². The molecule has 1 saturated heterocycles. The number of rotatable bonds is 4. The first kappa shape index (κ1) is 18.8. The SMILES string of the molecule is CC(Sc1nnc(-c2ccc(C(C)(C)C)cc2)n1N)C(=O)N1CCCC1. The highest BCUT2D eigenvalue weighted by Crippen LogP contribution is 2.28. The lowest BCUT2D eigenvalue weighted by Gasteiger charge is -2.19. The first-order chi connectivity index (χ1) is 12.3. The van der Waals surface area contributed by atoms with Crippen LogP contribution in [0.5, 0.6) is 0 Å². The molecule has 1 aliphatic rings. The molecule has 1 atom stereocenters. The fraction of sp³-hybridized carbons (Fsp3) is 0.526. The Bertz CT molecular complexity index is 772. The van der Waals surface area contributed by atoms with E-state index in [0.29, 0.717) is 11.0 Å². The largest absolute Gasteiger partial charge is 0.342 e. The minimum absolute atomic E-state index is 0.0985. The molecule has 1 amide bonds. The molecule has 2 heterocycles. The maximum Gasteiger partial charge on any atom is 0.235 e. The lowest BCUT2D eigenvalue weighted by molar-refractivity contribution is -0.129. The Balaban J connectivity index is 1.74. The number of hydrogen-bond donors (Lipinski definition) is 1. The Morgan fingerprint density at radius 1 is 1.15 bits per heavy atom. The van der Waals surface area contributed by atoms with Crippen LogP contribution >= 0.6 is 11.8 Å². The number of carbonyl (C=O) groups excluding carboxylic acids is 1. The Kier molecular flexibility index (Phi) is 5.27. The highest BCUT2D eigenvalue weighted by molar-refractivity contribution is 8.00. The monoisotopic (exact) mass is 373 g/mol. The second-order valence-electron chi connectivity index (χ2n) is 7.80. The second kappa shape index (κ2) is 7.31. The predicted molar refractivity (Wildman–Crippen MR) is 105 cm³/mol. The van der Waals surface area contributed by atoms with Crippen LogP contribution in [0.1, 0.15) is 46.1 Å². The number of amides is 1. The van der Waals surface area contributed by atoms with Gasteiger partial charge in [0.15, 0.2) is 5.82 Å². The first-order valence-electron chi connectivity index (χ1n) is 9.04. The summed E-state index contributed by atoms with van der Waals surface area (Å²) in [5.41, 5.74) is 2.27. The van der Waals surface area contributed by atoms with Crippen molar-refractivity contribution >= 4 is 17.7 Å². The van der Waals surface area contributed by atoms with Gasteiger partial charge < -0.3 is 10.7 Å². The smallest absolute Gasteiger partial charge is 0.235 e. The van der Waals surface area contributed by atoms with Crippen molar-refractivity contribution in [1.29, 1.82) is 0 Å². The van der Waals surface area contributed by atoms with Crippen LogP contribution in [0.2, 0.25) is 0 Å². The molecule has 1 unspecified atom stereocenters. The van der Waals surface area contributed by atoms with Gasteiger partial charge in [-0.05, 0) is 30.7 Å². The van der Waals surface area contributed by atoms with Crippen LogP contribution in [-0.4, -0.2) is 44.0 Å². The minimum atomic E-state index is -0.226. The lowest BCUT2D eigenvalue weighted by atomic mass is 9.87. The van der Waals surface area contributed by atoms with E-state index in [2.05, 4.69) is 43.1 Å². The lowest BCUT2D eigenvalue weighted by Crippen LogP contribution is -2.34. The number of hydrogen-bond acceptors (Lipinski definition) is 5. The van der Waals surface area contributed by atoms with E-state index in [-0.39, 0.29) is 16.6 Å². The molecule has 2 N–H and O–H groups in total. The summed E-state index contributed by atoms with van der Waals surface area (Å²) in [5.74, 6) is 6.96. The van der Waals surface area contributed by atoms with Crippen LogP contribution in [0, 0.1) is 0 Å². The third-order valence-corrected chi connectivity index (χ3v) is 5.77. The topological polar surface area (TPSA) is 77.0 Å². The Morgan fingerprint density at radius 3 is 2.35 bits per heavy atom. The third-order valence-electron chi connectivity index (χ3n) is 4.72. The molecule has 0 saturated carbocycles. The summed E-state index contributed by atoms with van der Waals surface area (Å²) in [6.07, 6.45) is 2.18. The molecule has 26 heavy (non-hydrogen) atoms. The third kappa shape index (κ3) is 3.87. The number of nitrogens with two attached hydrogens (primary N) is 1. The van der Waals surface area contributed by atoms with Gasteiger partial charge in [-0.3, -0.25) is 4.79 Å². The van der Waals surface area contributed by atoms with Gasteiger partial charge in [-0.15, -0.1) is 10.2 Å². The fourth-order valence-electron chi connectivity index (χ4n) is 3.08. The van der Waals surface area contributed by atoms with Gasteiger partial charge in [-0.1, -0.05) is 56.8 Å². The Hall–Kier alpha value is -2.02. The van der Waals surface area contributed by atoms with Crippen molar-refractivity contribution in [2.24, 2.45) is 0 Å². The first-order valence-corrected chi connectivity index (χ1v) is 9.92. The Labute approximate surface area is 159 Å². The van der Waals surface area contributed by atoms with Crippen molar-refractivity contribution in [2.75, 3.05) is 18.9 Å². The van der Waals surface area contributed by atoms with Crippen molar-refractivity contribution in [3.8, 4) is 11.4 Å². The van der Waals surface area contributed by atoms with Crippen molar-refractivity contribution in [2.45, 2.75) is 56.4 Å². The maximum atomic E-state index is 12.5. The van der Waals surface area contributed by atoms with Crippen LogP contribution < -0.4 is 5.84 Å². The fourth-order valence-corrected chi connectivity index (χ4v) is 3.93. The van der Waals surface area contributed by atoms with Crippen molar-refractivity contribution < 1.29 is 4.79 Å². The van der Waals surface area contributed by atoms with Crippen LogP contribution in [0.3, 0.4) is 0 Å². The van der Waals surface area contributed by atoms with Gasteiger partial charge in [0, 0.05) is 18.7 Å². The molecule has 1 aromatic carbocycles. The van der Waals surface area contributed by atoms with Crippen LogP contribution in [0.4, 0.5) is 0 Å². The number of aromatic nitrogens is 3. The minimum Gasteiger partial charge on any atom is -0.342 e. The number of carbonyl (C=O) groups is 1. The number of nitrogen functional groups attached to an aromatic ring is 1. The van der Waals surface area contributed by atoms with Crippen molar-refractivity contribution in [1.82, 2.24) is 19.8 Å². The van der Waals surface area contributed by atoms with Crippen molar-refractivity contribution in [3.05, 3.63) is 29.8 Å². The normalized spacial score (nSPS) is 16.1. The van der Waals surface area contributed by atoms with Crippen LogP contribution in [0.25, 0.3) is 11.4 Å². The van der Waals surface area contributed by atoms with Gasteiger partial charge in [0.1, 0.15) is 0 Å². The van der Waals surface area contributed by atoms with E-state index in [1.807, 2.05) is 24.0 Å². The van der Waals surface area contributed by atoms with E-state index in [4.69, 9.17) is 5.84 Å². The summed E-state index contributed by atoms with van der Waals surface area (Å²) >= 11 is 1.36. The maximum absolute atomic E-state index is 12.5. The number of likely N-dealkylation sites (tertiary alicyclic amines) is 1. The van der Waals surface area contributed by atoms with Gasteiger partial charge in [0.2, 0.25) is 11.1 Å². The Morgan fingerprint density at radius 2 is 1.77 bits per heavy atom. The summed E-state index contributed by atoms with van der Waals surface area (Å²) in [4.78, 5) is 14.4. The van der Waals surface area contributed by atoms with E-state index in [0.717, 1.165) is 31.5 Å². The molecule has 6 nitrogen and oxygen atoms in total. The van der Waals surface area contributed by atoms with Crippen molar-refractivity contribution in [3.63, 3.8) is 0 Å². The summed E-state index contributed by atoms with van der Waals surface area (Å²) in [6.45, 7) is 10.1. The summed E-state index contributed by atoms with van der Waals surface area (Å²) < 4.78 is 1.48. The molecular weight excluding hydrogens is 346 g/mol. The van der Waals surface area contributed by atoms with E-state index < -0.39 is 0 Å². The van der Waals surface area contributed by atoms with E-state index >= 15 is 0 Å². The van der Waals surface area contributed by atoms with E-state index in [1.54, 1.807) is 0 Å². The predicted octanol–water partition coefficient (Wildman–Crippen LogP) is 3.06. The van der Waals surface area contributed by atoms with E-state index in [1.165, 1.54) is 22.0 Å². The van der Waals surface area contributed by atoms with Gasteiger partial charge in [0.25, 0.3) is 0 Å². The highest BCUT2D eigenvalue weighted by atomic mass is 32.2. The highest BCUT2D eigenvalue weighted by Gasteiger charge is 2.26. The molecule has 0 aliphatic carbocycles. The molecule has 0 spiro atoms. The second-order valence-corrected chi connectivity index (χ2v) is 9.10. The average Bonchev–Trinajstić information content (AvgIpc) is 3.24. The molecule has 1 aliphatic heterocycles. The molecule has 140 valence electrons. The standard InChI is InChI=1S/C19H27N5OS/c1-13(17(25)23-11-5-6-12-23)26-18-22-21-16(24(18)20)14-7-9-15(10-8-14)19(2,3)4/h7-10,13H,5-6,11-12,20H2,1-4H3. The summed E-state index contributed by atoms with van der Waals surface area (Å²) in [6, 6.07) is 8.22. The summed E-state index contributed by atoms with van der Waals surface area (Å²) in [7, 11) is 0. The van der Waals surface area contributed by atoms with Gasteiger partial charge in [-0.2, -0.15) is 0 Å². The molecule has 1 fully saturated rings. The van der Waals surface area contributed by atoms with Crippen LogP contribution in [0.15, 0.2) is 29.4 Å². The van der Waals surface area contributed by atoms with Gasteiger partial charge in [-0.25, -0.2) is 4.68 Å². The van der Waals surface area contributed by atoms with E-state index in [9.17, 15) is 4.79 Å². The zero-order valence-electron chi connectivity index (χ0n) is 15.9. The average molecular weight is 374 g/mol.